The third-order valence-electron chi connectivity index (χ3n) is 6.37. The zero-order valence-electron chi connectivity index (χ0n) is 20.2. The first kappa shape index (κ1) is 24.2. The molecule has 186 valence electrons. The largest absolute Gasteiger partial charge is 0.504 e. The summed E-state index contributed by atoms with van der Waals surface area (Å²) in [6, 6.07) is 25.2. The van der Waals surface area contributed by atoms with Gasteiger partial charge < -0.3 is 20.0 Å². The van der Waals surface area contributed by atoms with Crippen molar-refractivity contribution in [3.05, 3.63) is 95.6 Å². The number of benzene rings is 3. The second kappa shape index (κ2) is 10.7. The highest BCUT2D eigenvalue weighted by molar-refractivity contribution is 7.99. The van der Waals surface area contributed by atoms with Gasteiger partial charge in [0.1, 0.15) is 6.17 Å². The van der Waals surface area contributed by atoms with E-state index < -0.39 is 6.17 Å². The van der Waals surface area contributed by atoms with E-state index in [-0.39, 0.29) is 29.7 Å². The fourth-order valence-corrected chi connectivity index (χ4v) is 5.92. The molecule has 1 saturated heterocycles. The molecular weight excluding hydrogens is 474 g/mol. The molecule has 2 aliphatic rings. The van der Waals surface area contributed by atoms with Crippen LogP contribution >= 0.6 is 11.8 Å². The first-order chi connectivity index (χ1) is 17.6. The van der Waals surface area contributed by atoms with Gasteiger partial charge in [-0.15, -0.1) is 11.8 Å². The van der Waals surface area contributed by atoms with Crippen molar-refractivity contribution in [3.8, 4) is 11.5 Å². The molecule has 7 nitrogen and oxygen atoms in total. The molecule has 36 heavy (non-hydrogen) atoms. The van der Waals surface area contributed by atoms with Gasteiger partial charge in [-0.2, -0.15) is 5.01 Å². The number of phenols is 1. The lowest BCUT2D eigenvalue weighted by atomic mass is 9.97. The number of methoxy groups -OCH3 is 1. The number of phenolic OH excluding ortho intramolecular Hbond substituents is 1. The van der Waals surface area contributed by atoms with E-state index in [0.29, 0.717) is 17.7 Å². The average Bonchev–Trinajstić information content (AvgIpc) is 3.30. The summed E-state index contributed by atoms with van der Waals surface area (Å²) >= 11 is 1.71. The number of thioether (sulfide) groups is 1. The molecule has 8 heteroatoms. The van der Waals surface area contributed by atoms with Gasteiger partial charge in [-0.25, -0.2) is 4.79 Å². The highest BCUT2D eigenvalue weighted by Gasteiger charge is 2.47. The van der Waals surface area contributed by atoms with Crippen LogP contribution < -0.4 is 15.5 Å². The van der Waals surface area contributed by atoms with E-state index in [1.165, 1.54) is 7.11 Å². The van der Waals surface area contributed by atoms with Gasteiger partial charge in [0.2, 0.25) is 0 Å². The van der Waals surface area contributed by atoms with Crippen LogP contribution in [0.4, 0.5) is 0 Å². The Hall–Kier alpha value is -3.46. The molecule has 2 heterocycles. The zero-order chi connectivity index (χ0) is 25.1. The molecule has 0 amide bonds. The minimum absolute atomic E-state index is 0.0557. The van der Waals surface area contributed by atoms with E-state index in [1.54, 1.807) is 24.8 Å². The summed E-state index contributed by atoms with van der Waals surface area (Å²) in [5.74, 6) is 0.146. The van der Waals surface area contributed by atoms with Crippen LogP contribution in [-0.2, 0) is 9.53 Å². The smallest absolute Gasteiger partial charge is 0.339 e. The Labute approximate surface area is 215 Å². The summed E-state index contributed by atoms with van der Waals surface area (Å²) in [6.07, 6.45) is 0.201. The van der Waals surface area contributed by atoms with Crippen molar-refractivity contribution in [1.29, 1.82) is 0 Å². The van der Waals surface area contributed by atoms with Crippen LogP contribution in [-0.4, -0.2) is 41.3 Å². The summed E-state index contributed by atoms with van der Waals surface area (Å²) in [4.78, 5) is 14.4. The van der Waals surface area contributed by atoms with Crippen LogP contribution in [0.3, 0.4) is 0 Å². The number of rotatable bonds is 7. The number of nitrogens with zero attached hydrogens (tertiary/aromatic N) is 1. The first-order valence-electron chi connectivity index (χ1n) is 12.0. The standard InChI is InChI=1S/C28H29N3O4S/c1-3-35-28(33)24-25(18-11-6-4-7-12-18)30-31-23(36-19-13-8-5-9-14-19)17-21(29-27(24)31)20-15-10-16-22(34-2)26(20)32/h4-16,21,23,27,29-30,32H,3,17H2,1-2H3. The number of hydrazine groups is 1. The van der Waals surface area contributed by atoms with Gasteiger partial charge in [0, 0.05) is 16.5 Å². The predicted octanol–water partition coefficient (Wildman–Crippen LogP) is 4.67. The number of nitrogens with one attached hydrogen (secondary N) is 2. The molecule has 0 saturated carbocycles. The van der Waals surface area contributed by atoms with Gasteiger partial charge in [0.15, 0.2) is 11.5 Å². The topological polar surface area (TPSA) is 83.1 Å². The maximum Gasteiger partial charge on any atom is 0.339 e. The molecule has 3 aromatic rings. The van der Waals surface area contributed by atoms with Crippen molar-refractivity contribution in [2.24, 2.45) is 0 Å². The summed E-state index contributed by atoms with van der Waals surface area (Å²) in [6.45, 7) is 2.08. The maximum atomic E-state index is 13.3. The quantitative estimate of drug-likeness (QED) is 0.401. The molecule has 5 rings (SSSR count). The van der Waals surface area contributed by atoms with Gasteiger partial charge in [-0.1, -0.05) is 60.7 Å². The number of hydrogen-bond acceptors (Lipinski definition) is 8. The van der Waals surface area contributed by atoms with Crippen LogP contribution in [0.1, 0.15) is 30.5 Å². The number of para-hydroxylation sites is 1. The number of ether oxygens (including phenoxy) is 2. The Morgan fingerprint density at radius 3 is 2.47 bits per heavy atom. The highest BCUT2D eigenvalue weighted by atomic mass is 32.2. The van der Waals surface area contributed by atoms with Crippen molar-refractivity contribution in [1.82, 2.24) is 15.8 Å². The van der Waals surface area contributed by atoms with Gasteiger partial charge in [0.25, 0.3) is 0 Å². The summed E-state index contributed by atoms with van der Waals surface area (Å²) < 4.78 is 10.9. The minimum Gasteiger partial charge on any atom is -0.504 e. The molecule has 0 aliphatic carbocycles. The maximum absolute atomic E-state index is 13.3. The molecule has 0 aromatic heterocycles. The SMILES string of the molecule is CCOC(=O)C1=C(c2ccccc2)NN2C(Sc3ccccc3)CC(c3cccc(OC)c3O)NC12. The fraction of sp³-hybridized carbons (Fsp3) is 0.250. The minimum atomic E-state index is -0.468. The van der Waals surface area contributed by atoms with Crippen molar-refractivity contribution in [3.63, 3.8) is 0 Å². The average molecular weight is 504 g/mol. The number of carbonyl (C=O) groups is 1. The molecule has 3 N–H and O–H groups in total. The van der Waals surface area contributed by atoms with Crippen molar-refractivity contribution in [2.45, 2.75) is 35.8 Å². The van der Waals surface area contributed by atoms with E-state index in [2.05, 4.69) is 27.9 Å². The highest BCUT2D eigenvalue weighted by Crippen LogP contribution is 2.44. The van der Waals surface area contributed by atoms with Gasteiger partial charge >= 0.3 is 5.97 Å². The van der Waals surface area contributed by atoms with Crippen LogP contribution in [0.2, 0.25) is 0 Å². The molecule has 0 bridgehead atoms. The van der Waals surface area contributed by atoms with Crippen molar-refractivity contribution >= 4 is 23.4 Å². The molecule has 2 aliphatic heterocycles. The van der Waals surface area contributed by atoms with E-state index >= 15 is 0 Å². The lowest BCUT2D eigenvalue weighted by Gasteiger charge is -2.42. The number of esters is 1. The van der Waals surface area contributed by atoms with Crippen molar-refractivity contribution in [2.75, 3.05) is 13.7 Å². The molecule has 3 atom stereocenters. The van der Waals surface area contributed by atoms with Gasteiger partial charge in [-0.05, 0) is 37.1 Å². The van der Waals surface area contributed by atoms with Gasteiger partial charge in [-0.3, -0.25) is 5.32 Å². The Kier molecular flexibility index (Phi) is 7.18. The summed E-state index contributed by atoms with van der Waals surface area (Å²) in [7, 11) is 1.54. The summed E-state index contributed by atoms with van der Waals surface area (Å²) in [5, 5.41) is 16.6. The monoisotopic (exact) mass is 503 g/mol. The second-order valence-electron chi connectivity index (χ2n) is 8.54. The Morgan fingerprint density at radius 1 is 1.06 bits per heavy atom. The molecule has 0 spiro atoms. The molecule has 0 radical (unpaired) electrons. The van der Waals surface area contributed by atoms with Crippen LogP contribution in [0.15, 0.2) is 89.3 Å². The third-order valence-corrected chi connectivity index (χ3v) is 7.60. The van der Waals surface area contributed by atoms with E-state index in [0.717, 1.165) is 21.7 Å². The van der Waals surface area contributed by atoms with E-state index in [1.807, 2.05) is 60.7 Å². The summed E-state index contributed by atoms with van der Waals surface area (Å²) in [5.41, 5.74) is 6.39. The number of fused-ring (bicyclic) bond motifs is 1. The molecule has 3 unspecified atom stereocenters. The fourth-order valence-electron chi connectivity index (χ4n) is 4.72. The molecule has 3 aromatic carbocycles. The lowest BCUT2D eigenvalue weighted by Crippen LogP contribution is -2.58. The van der Waals surface area contributed by atoms with E-state index in [9.17, 15) is 9.90 Å². The van der Waals surface area contributed by atoms with Crippen LogP contribution in [0, 0.1) is 0 Å². The second-order valence-corrected chi connectivity index (χ2v) is 9.79. The van der Waals surface area contributed by atoms with Crippen LogP contribution in [0.25, 0.3) is 5.70 Å². The number of hydrogen-bond donors (Lipinski definition) is 3. The van der Waals surface area contributed by atoms with Crippen LogP contribution in [0.5, 0.6) is 11.5 Å². The number of aromatic hydroxyl groups is 1. The molecule has 1 fully saturated rings. The normalized spacial score (nSPS) is 21.6. The zero-order valence-corrected chi connectivity index (χ0v) is 21.0. The molecular formula is C28H29N3O4S. The third kappa shape index (κ3) is 4.67. The predicted molar refractivity (Wildman–Crippen MR) is 140 cm³/mol. The number of carbonyl (C=O) groups excluding carboxylic acids is 1. The Balaban J connectivity index is 1.58. The Morgan fingerprint density at radius 2 is 1.78 bits per heavy atom. The Bertz CT molecular complexity index is 1250. The lowest BCUT2D eigenvalue weighted by molar-refractivity contribution is -0.139. The first-order valence-corrected chi connectivity index (χ1v) is 12.8. The van der Waals surface area contributed by atoms with Crippen molar-refractivity contribution < 1.29 is 19.4 Å². The van der Waals surface area contributed by atoms with Gasteiger partial charge in [0.05, 0.1) is 30.4 Å². The van der Waals surface area contributed by atoms with E-state index in [4.69, 9.17) is 9.47 Å².